The maximum absolute atomic E-state index is 12.9. The van der Waals surface area contributed by atoms with Crippen LogP contribution < -0.4 is 10.2 Å². The molecule has 0 spiro atoms. The zero-order valence-corrected chi connectivity index (χ0v) is 23.2. The van der Waals surface area contributed by atoms with E-state index in [1.165, 1.54) is 25.3 Å². The number of aromatic nitrogens is 1. The van der Waals surface area contributed by atoms with E-state index in [0.717, 1.165) is 16.8 Å². The molecule has 3 atom stereocenters. The lowest BCUT2D eigenvalue weighted by atomic mass is 9.96. The van der Waals surface area contributed by atoms with Crippen LogP contribution in [0.1, 0.15) is 52.5 Å². The Balaban J connectivity index is 1.46. The first-order valence-electron chi connectivity index (χ1n) is 13.0. The summed E-state index contributed by atoms with van der Waals surface area (Å²) in [6.07, 6.45) is 1.87. The molecule has 1 aliphatic rings. The number of carbonyl (C=O) groups is 1. The van der Waals surface area contributed by atoms with Crippen molar-refractivity contribution in [1.29, 1.82) is 0 Å². The lowest BCUT2D eigenvalue weighted by Crippen LogP contribution is -2.34. The number of aliphatic hydroxyl groups excluding tert-OH is 1. The Morgan fingerprint density at radius 3 is 2.40 bits per heavy atom. The molecule has 2 aromatic carbocycles. The van der Waals surface area contributed by atoms with Gasteiger partial charge in [-0.25, -0.2) is 8.42 Å². The summed E-state index contributed by atoms with van der Waals surface area (Å²) in [7, 11) is -3.42. The highest BCUT2D eigenvalue weighted by atomic mass is 32.2. The molecule has 40 heavy (non-hydrogen) atoms. The molecule has 11 heteroatoms. The van der Waals surface area contributed by atoms with Gasteiger partial charge in [0, 0.05) is 29.9 Å². The number of nitrogens with zero attached hydrogens (tertiary/aromatic N) is 2. The number of aryl methyl sites for hydroxylation is 1. The van der Waals surface area contributed by atoms with Crippen LogP contribution in [0, 0.1) is 6.92 Å². The quantitative estimate of drug-likeness (QED) is 0.353. The van der Waals surface area contributed by atoms with Crippen molar-refractivity contribution in [1.82, 2.24) is 10.3 Å². The number of ether oxygens (including phenoxy) is 1. The van der Waals surface area contributed by atoms with E-state index in [4.69, 9.17) is 0 Å². The fourth-order valence-corrected chi connectivity index (χ4v) is 5.68. The highest BCUT2D eigenvalue weighted by molar-refractivity contribution is 7.91. The number of nitrogens with one attached hydrogen (secondary N) is 1. The average Bonchev–Trinajstić information content (AvgIpc) is 3.39. The van der Waals surface area contributed by atoms with Crippen LogP contribution in [0.15, 0.2) is 71.8 Å². The number of sulfone groups is 1. The highest BCUT2D eigenvalue weighted by Crippen LogP contribution is 2.36. The number of anilines is 1. The second-order valence-corrected chi connectivity index (χ2v) is 12.1. The molecule has 2 heterocycles. The van der Waals surface area contributed by atoms with Crippen LogP contribution in [0.3, 0.4) is 0 Å². The first kappa shape index (κ1) is 29.6. The van der Waals surface area contributed by atoms with Gasteiger partial charge in [-0.1, -0.05) is 36.8 Å². The van der Waals surface area contributed by atoms with Gasteiger partial charge < -0.3 is 20.1 Å². The lowest BCUT2D eigenvalue weighted by Gasteiger charge is -2.27. The average molecular weight is 574 g/mol. The number of alkyl halides is 2. The molecule has 1 aromatic heterocycles. The number of halogens is 2. The maximum atomic E-state index is 12.9. The van der Waals surface area contributed by atoms with Crippen LogP contribution in [0.4, 0.5) is 14.5 Å². The molecule has 8 nitrogen and oxygen atoms in total. The van der Waals surface area contributed by atoms with Crippen LogP contribution in [0.25, 0.3) is 0 Å². The summed E-state index contributed by atoms with van der Waals surface area (Å²) in [4.78, 5) is 19.2. The molecule has 1 fully saturated rings. The van der Waals surface area contributed by atoms with Crippen molar-refractivity contribution in [3.63, 3.8) is 0 Å². The Bertz CT molecular complexity index is 1380. The monoisotopic (exact) mass is 573 g/mol. The second-order valence-electron chi connectivity index (χ2n) is 9.82. The largest absolute Gasteiger partial charge is 0.394 e. The van der Waals surface area contributed by atoms with E-state index in [0.29, 0.717) is 24.2 Å². The Kier molecular flexibility index (Phi) is 9.49. The maximum Gasteiger partial charge on any atom is 0.345 e. The van der Waals surface area contributed by atoms with Gasteiger partial charge in [0.15, 0.2) is 9.84 Å². The molecule has 0 aliphatic carbocycles. The Morgan fingerprint density at radius 1 is 1.12 bits per heavy atom. The molecule has 1 saturated heterocycles. The smallest absolute Gasteiger partial charge is 0.345 e. The van der Waals surface area contributed by atoms with Crippen molar-refractivity contribution in [3.8, 4) is 0 Å². The van der Waals surface area contributed by atoms with E-state index in [1.807, 2.05) is 24.0 Å². The molecule has 1 amide bonds. The van der Waals surface area contributed by atoms with E-state index < -0.39 is 35.0 Å². The van der Waals surface area contributed by atoms with Gasteiger partial charge in [0.25, 0.3) is 5.91 Å². The highest BCUT2D eigenvalue weighted by Gasteiger charge is 2.34. The van der Waals surface area contributed by atoms with Crippen LogP contribution in [0.2, 0.25) is 0 Å². The molecule has 0 radical (unpaired) electrons. The first-order chi connectivity index (χ1) is 19.1. The number of pyridine rings is 1. The van der Waals surface area contributed by atoms with Gasteiger partial charge in [-0.15, -0.1) is 0 Å². The van der Waals surface area contributed by atoms with Crippen molar-refractivity contribution in [2.45, 2.75) is 49.8 Å². The second kappa shape index (κ2) is 12.8. The Morgan fingerprint density at radius 2 is 1.82 bits per heavy atom. The fourth-order valence-electron chi connectivity index (χ4n) is 4.86. The van der Waals surface area contributed by atoms with E-state index >= 15 is 0 Å². The van der Waals surface area contributed by atoms with Gasteiger partial charge in [-0.2, -0.15) is 8.78 Å². The van der Waals surface area contributed by atoms with Gasteiger partial charge in [-0.05, 0) is 55.3 Å². The minimum absolute atomic E-state index is 0.0613. The van der Waals surface area contributed by atoms with Gasteiger partial charge in [0.2, 0.25) is 0 Å². The molecule has 2 N–H and O–H groups in total. The number of hydrogen-bond acceptors (Lipinski definition) is 7. The van der Waals surface area contributed by atoms with Crippen molar-refractivity contribution < 1.29 is 31.8 Å². The predicted molar refractivity (Wildman–Crippen MR) is 147 cm³/mol. The first-order valence-corrected chi connectivity index (χ1v) is 14.7. The number of aliphatic hydroxyl groups is 1. The fraction of sp³-hybridized carbons (Fsp3) is 0.379. The van der Waals surface area contributed by atoms with Crippen LogP contribution in [0.5, 0.6) is 0 Å². The number of carbonyl (C=O) groups excluding carboxylic acids is 1. The molecule has 3 aromatic rings. The molecular formula is C29H33F2N3O5S. The van der Waals surface area contributed by atoms with E-state index in [9.17, 15) is 27.1 Å². The third-order valence-electron chi connectivity index (χ3n) is 7.18. The Hall–Kier alpha value is -3.41. The molecular weight excluding hydrogens is 540 g/mol. The summed E-state index contributed by atoms with van der Waals surface area (Å²) < 4.78 is 54.4. The molecule has 0 saturated carbocycles. The summed E-state index contributed by atoms with van der Waals surface area (Å²) in [5.41, 5.74) is 3.72. The molecule has 1 unspecified atom stereocenters. The zero-order chi connectivity index (χ0) is 28.9. The number of hydrogen-bond donors (Lipinski definition) is 2. The van der Waals surface area contributed by atoms with Crippen LogP contribution in [-0.2, 0) is 14.6 Å². The summed E-state index contributed by atoms with van der Waals surface area (Å²) in [5.74, 6) is -0.366. The Labute approximate surface area is 232 Å². The molecule has 214 valence electrons. The minimum Gasteiger partial charge on any atom is -0.394 e. The predicted octanol–water partition coefficient (Wildman–Crippen LogP) is 4.25. The number of amides is 1. The minimum atomic E-state index is -3.42. The van der Waals surface area contributed by atoms with Crippen LogP contribution in [-0.4, -0.2) is 62.6 Å². The van der Waals surface area contributed by atoms with Crippen molar-refractivity contribution >= 4 is 21.4 Å². The molecule has 1 aliphatic heterocycles. The van der Waals surface area contributed by atoms with Crippen LogP contribution >= 0.6 is 0 Å². The van der Waals surface area contributed by atoms with Gasteiger partial charge in [0.1, 0.15) is 0 Å². The van der Waals surface area contributed by atoms with Gasteiger partial charge in [0.05, 0.1) is 41.6 Å². The number of rotatable bonds is 11. The normalized spacial score (nSPS) is 18.2. The van der Waals surface area contributed by atoms with E-state index in [1.54, 1.807) is 24.3 Å². The zero-order valence-electron chi connectivity index (χ0n) is 22.3. The van der Waals surface area contributed by atoms with Crippen molar-refractivity contribution in [2.24, 2.45) is 0 Å². The van der Waals surface area contributed by atoms with Gasteiger partial charge in [-0.3, -0.25) is 9.78 Å². The summed E-state index contributed by atoms with van der Waals surface area (Å²) in [5, 5.41) is 12.6. The summed E-state index contributed by atoms with van der Waals surface area (Å²) in [6.45, 7) is 0.759. The molecule has 0 bridgehead atoms. The van der Waals surface area contributed by atoms with Crippen molar-refractivity contribution in [3.05, 3.63) is 89.2 Å². The topological polar surface area (TPSA) is 109 Å². The van der Waals surface area contributed by atoms with Crippen molar-refractivity contribution in [2.75, 3.05) is 30.4 Å². The standard InChI is InChI=1S/C29H33F2N3O5S/c1-3-40(37,38)25-12-13-26(32-15-25)27(17-35)33-28(36)21-8-10-23(11-9-21)34-16-22(14-24(34)18-39-29(30)31)20-6-4-19(2)5-7-20/h4-13,15,22,24,27,29,35H,3,14,16-18H2,1-2H3,(H,33,36)/t22?,24-,27-/m0/s1. The lowest BCUT2D eigenvalue weighted by molar-refractivity contribution is -0.131. The summed E-state index contributed by atoms with van der Waals surface area (Å²) >= 11 is 0. The van der Waals surface area contributed by atoms with E-state index in [-0.39, 0.29) is 29.2 Å². The van der Waals surface area contributed by atoms with Gasteiger partial charge >= 0.3 is 6.61 Å². The SMILES string of the molecule is CCS(=O)(=O)c1ccc([C@H](CO)NC(=O)c2ccc(N3CC(c4ccc(C)cc4)C[C@H]3COC(F)F)cc2)nc1. The third-order valence-corrected chi connectivity index (χ3v) is 8.90. The third kappa shape index (κ3) is 7.01. The number of benzene rings is 2. The summed E-state index contributed by atoms with van der Waals surface area (Å²) in [6, 6.07) is 16.7. The van der Waals surface area contributed by atoms with E-state index in [2.05, 4.69) is 27.2 Å². The molecule has 4 rings (SSSR count).